The zero-order chi connectivity index (χ0) is 19.1. The molecule has 0 aromatic heterocycles. The second-order valence-corrected chi connectivity index (χ2v) is 6.41. The molecule has 3 atom stereocenters. The van der Waals surface area contributed by atoms with Crippen LogP contribution in [0.25, 0.3) is 0 Å². The van der Waals surface area contributed by atoms with Gasteiger partial charge in [0.1, 0.15) is 12.1 Å². The van der Waals surface area contributed by atoms with Gasteiger partial charge in [-0.25, -0.2) is 4.79 Å². The lowest BCUT2D eigenvalue weighted by atomic mass is 10.0. The Morgan fingerprint density at radius 2 is 2.00 bits per heavy atom. The number of likely N-dealkylation sites (tertiary alicyclic amines) is 1. The second kappa shape index (κ2) is 9.33. The van der Waals surface area contributed by atoms with Crippen LogP contribution < -0.4 is 5.32 Å². The van der Waals surface area contributed by atoms with Gasteiger partial charge in [0.25, 0.3) is 0 Å². The number of benzene rings is 1. The Bertz CT molecular complexity index is 634. The molecule has 0 unspecified atom stereocenters. The summed E-state index contributed by atoms with van der Waals surface area (Å²) in [6, 6.07) is 7.31. The van der Waals surface area contributed by atoms with E-state index in [1.807, 2.05) is 30.3 Å². The Hall–Kier alpha value is -2.41. The molecule has 1 aromatic rings. The first kappa shape index (κ1) is 19.9. The van der Waals surface area contributed by atoms with E-state index in [2.05, 4.69) is 5.32 Å². The highest BCUT2D eigenvalue weighted by atomic mass is 16.5. The van der Waals surface area contributed by atoms with Gasteiger partial charge < -0.3 is 14.7 Å². The molecule has 1 saturated heterocycles. The molecule has 26 heavy (non-hydrogen) atoms. The summed E-state index contributed by atoms with van der Waals surface area (Å²) < 4.78 is 5.12. The molecule has 1 amide bonds. The molecule has 1 aromatic carbocycles. The fraction of sp³-hybridized carbons (Fsp3) is 0.526. The van der Waals surface area contributed by atoms with E-state index in [9.17, 15) is 19.5 Å². The third-order valence-corrected chi connectivity index (χ3v) is 4.50. The summed E-state index contributed by atoms with van der Waals surface area (Å²) in [7, 11) is 0. The highest BCUT2D eigenvalue weighted by Crippen LogP contribution is 2.18. The Labute approximate surface area is 153 Å². The lowest BCUT2D eigenvalue weighted by molar-refractivity contribution is -0.150. The summed E-state index contributed by atoms with van der Waals surface area (Å²) in [5, 5.41) is 12.3. The summed E-state index contributed by atoms with van der Waals surface area (Å²) in [5.41, 5.74) is 0.947. The molecule has 0 saturated carbocycles. The summed E-state index contributed by atoms with van der Waals surface area (Å²) in [4.78, 5) is 37.7. The van der Waals surface area contributed by atoms with Crippen molar-refractivity contribution in [1.82, 2.24) is 10.2 Å². The normalized spacial score (nSPS) is 19.0. The predicted octanol–water partition coefficient (Wildman–Crippen LogP) is 1.21. The number of aliphatic carboxylic acids is 1. The molecule has 1 aliphatic heterocycles. The number of carboxylic acids is 1. The zero-order valence-corrected chi connectivity index (χ0v) is 15.2. The van der Waals surface area contributed by atoms with Crippen molar-refractivity contribution < 1.29 is 24.2 Å². The van der Waals surface area contributed by atoms with Gasteiger partial charge in [0.15, 0.2) is 0 Å². The van der Waals surface area contributed by atoms with Crippen LogP contribution in [0.15, 0.2) is 30.3 Å². The van der Waals surface area contributed by atoms with Gasteiger partial charge in [0, 0.05) is 6.54 Å². The van der Waals surface area contributed by atoms with Gasteiger partial charge in [-0.05, 0) is 38.7 Å². The molecule has 7 heteroatoms. The zero-order valence-electron chi connectivity index (χ0n) is 15.2. The molecule has 2 N–H and O–H groups in total. The molecule has 1 aliphatic rings. The lowest BCUT2D eigenvalue weighted by Gasteiger charge is -2.27. The topological polar surface area (TPSA) is 95.9 Å². The number of hydrogen-bond acceptors (Lipinski definition) is 5. The first-order valence-electron chi connectivity index (χ1n) is 8.94. The van der Waals surface area contributed by atoms with E-state index in [1.54, 1.807) is 13.8 Å². The largest absolute Gasteiger partial charge is 0.480 e. The van der Waals surface area contributed by atoms with Gasteiger partial charge in [-0.15, -0.1) is 0 Å². The third kappa shape index (κ3) is 5.05. The molecular weight excluding hydrogens is 336 g/mol. The standard InChI is InChI=1S/C19H26N2O5/c1-3-26-19(25)15(12-14-8-5-4-6-9-14)20-13(2)17(22)21-11-7-10-16(21)18(23)24/h4-6,8-9,13,15-16,20H,3,7,10-12H2,1-2H3,(H,23,24)/t13-,15-,16-/m0/s1. The van der Waals surface area contributed by atoms with Crippen molar-refractivity contribution in [2.75, 3.05) is 13.2 Å². The van der Waals surface area contributed by atoms with Crippen LogP contribution in [0.2, 0.25) is 0 Å². The Balaban J connectivity index is 2.07. The first-order valence-corrected chi connectivity index (χ1v) is 8.94. The van der Waals surface area contributed by atoms with Crippen molar-refractivity contribution in [2.24, 2.45) is 0 Å². The van der Waals surface area contributed by atoms with Crippen molar-refractivity contribution in [3.63, 3.8) is 0 Å². The number of nitrogens with zero attached hydrogens (tertiary/aromatic N) is 1. The van der Waals surface area contributed by atoms with E-state index in [-0.39, 0.29) is 12.5 Å². The third-order valence-electron chi connectivity index (χ3n) is 4.50. The van der Waals surface area contributed by atoms with Crippen LogP contribution in [0.1, 0.15) is 32.3 Å². The lowest BCUT2D eigenvalue weighted by Crippen LogP contribution is -2.53. The Kier molecular flexibility index (Phi) is 7.15. The summed E-state index contributed by atoms with van der Waals surface area (Å²) in [5.74, 6) is -1.72. The van der Waals surface area contributed by atoms with Crippen molar-refractivity contribution >= 4 is 17.8 Å². The van der Waals surface area contributed by atoms with E-state index in [4.69, 9.17) is 4.74 Å². The van der Waals surface area contributed by atoms with Crippen LogP contribution in [0.5, 0.6) is 0 Å². The van der Waals surface area contributed by atoms with Crippen molar-refractivity contribution in [3.05, 3.63) is 35.9 Å². The molecule has 2 rings (SSSR count). The smallest absolute Gasteiger partial charge is 0.326 e. The summed E-state index contributed by atoms with van der Waals surface area (Å²) in [6.45, 7) is 4.05. The first-order chi connectivity index (χ1) is 12.4. The van der Waals surface area contributed by atoms with Crippen LogP contribution >= 0.6 is 0 Å². The highest BCUT2D eigenvalue weighted by Gasteiger charge is 2.37. The minimum Gasteiger partial charge on any atom is -0.480 e. The maximum atomic E-state index is 12.7. The molecule has 0 radical (unpaired) electrons. The van der Waals surface area contributed by atoms with Gasteiger partial charge >= 0.3 is 11.9 Å². The molecule has 142 valence electrons. The number of carboxylic acid groups (broad SMARTS) is 1. The van der Waals surface area contributed by atoms with Crippen molar-refractivity contribution in [3.8, 4) is 0 Å². The van der Waals surface area contributed by atoms with Gasteiger partial charge in [0.05, 0.1) is 12.6 Å². The summed E-state index contributed by atoms with van der Waals surface area (Å²) in [6.07, 6.45) is 1.51. The van der Waals surface area contributed by atoms with Gasteiger partial charge in [-0.2, -0.15) is 0 Å². The second-order valence-electron chi connectivity index (χ2n) is 6.41. The van der Waals surface area contributed by atoms with Gasteiger partial charge in [0.2, 0.25) is 5.91 Å². The Morgan fingerprint density at radius 1 is 1.31 bits per heavy atom. The van der Waals surface area contributed by atoms with E-state index in [0.29, 0.717) is 25.8 Å². The van der Waals surface area contributed by atoms with Crippen LogP contribution in [0.3, 0.4) is 0 Å². The number of amides is 1. The Morgan fingerprint density at radius 3 is 2.62 bits per heavy atom. The molecule has 1 fully saturated rings. The molecular formula is C19H26N2O5. The number of carbonyl (C=O) groups excluding carboxylic acids is 2. The average molecular weight is 362 g/mol. The maximum Gasteiger partial charge on any atom is 0.326 e. The van der Waals surface area contributed by atoms with Crippen molar-refractivity contribution in [2.45, 2.75) is 51.2 Å². The predicted molar refractivity (Wildman–Crippen MR) is 95.5 cm³/mol. The van der Waals surface area contributed by atoms with Crippen LogP contribution in [-0.2, 0) is 25.5 Å². The van der Waals surface area contributed by atoms with E-state index in [0.717, 1.165) is 5.56 Å². The van der Waals surface area contributed by atoms with E-state index < -0.39 is 30.1 Å². The minimum absolute atomic E-state index is 0.251. The SMILES string of the molecule is CCOC(=O)[C@H](Cc1ccccc1)N[C@@H](C)C(=O)N1CCC[C@H]1C(=O)O. The highest BCUT2D eigenvalue weighted by molar-refractivity contribution is 5.88. The molecule has 0 aliphatic carbocycles. The molecule has 0 spiro atoms. The molecule has 1 heterocycles. The van der Waals surface area contributed by atoms with E-state index in [1.165, 1.54) is 4.90 Å². The number of hydrogen-bond donors (Lipinski definition) is 2. The average Bonchev–Trinajstić information content (AvgIpc) is 3.11. The van der Waals surface area contributed by atoms with Gasteiger partial charge in [-0.3, -0.25) is 14.9 Å². The quantitative estimate of drug-likeness (QED) is 0.675. The monoisotopic (exact) mass is 362 g/mol. The van der Waals surface area contributed by atoms with Gasteiger partial charge in [-0.1, -0.05) is 30.3 Å². The number of ether oxygens (including phenoxy) is 1. The number of carbonyl (C=O) groups is 3. The maximum absolute atomic E-state index is 12.7. The molecule has 7 nitrogen and oxygen atoms in total. The van der Waals surface area contributed by atoms with Crippen LogP contribution in [0, 0.1) is 0 Å². The number of esters is 1. The number of nitrogens with one attached hydrogen (secondary N) is 1. The molecule has 0 bridgehead atoms. The van der Waals surface area contributed by atoms with E-state index >= 15 is 0 Å². The minimum atomic E-state index is -0.991. The fourth-order valence-electron chi connectivity index (χ4n) is 3.21. The van der Waals surface area contributed by atoms with Crippen molar-refractivity contribution in [1.29, 1.82) is 0 Å². The van der Waals surface area contributed by atoms with Crippen LogP contribution in [0.4, 0.5) is 0 Å². The van der Waals surface area contributed by atoms with Crippen LogP contribution in [-0.4, -0.2) is 59.1 Å². The summed E-state index contributed by atoms with van der Waals surface area (Å²) >= 11 is 0. The number of rotatable bonds is 8. The fourth-order valence-corrected chi connectivity index (χ4v) is 3.21.